The molecule has 0 saturated heterocycles. The highest BCUT2D eigenvalue weighted by molar-refractivity contribution is 6.01. The van der Waals surface area contributed by atoms with Gasteiger partial charge < -0.3 is 21.1 Å². The molecule has 0 atom stereocenters. The van der Waals surface area contributed by atoms with E-state index in [1.807, 2.05) is 0 Å². The van der Waals surface area contributed by atoms with Gasteiger partial charge in [-0.25, -0.2) is 0 Å². The van der Waals surface area contributed by atoms with Crippen LogP contribution in [0.2, 0.25) is 0 Å². The number of nitrogens with zero attached hydrogens (tertiary/aromatic N) is 1. The zero-order chi connectivity index (χ0) is 13.1. The van der Waals surface area contributed by atoms with Crippen molar-refractivity contribution in [2.75, 3.05) is 30.9 Å². The number of carbonyl (C=O) groups excluding carboxylic acids is 1. The third-order valence-electron chi connectivity index (χ3n) is 3.14. The number of methoxy groups -OCH3 is 1. The molecule has 1 aliphatic carbocycles. The Labute approximate surface area is 107 Å². The molecule has 98 valence electrons. The minimum absolute atomic E-state index is 0.444. The van der Waals surface area contributed by atoms with Gasteiger partial charge in [-0.15, -0.1) is 0 Å². The molecule has 2 rings (SSSR count). The molecule has 0 spiro atoms. The predicted molar refractivity (Wildman–Crippen MR) is 71.6 cm³/mol. The number of primary amides is 1. The standard InChI is InChI=1S/C13H19N3O2/c1-18-8-7-16(9-5-6-9)12-10(13(15)17)3-2-4-11(12)14/h2-4,9H,5-8,14H2,1H3,(H2,15,17). The van der Waals surface area contributed by atoms with Gasteiger partial charge in [-0.2, -0.15) is 0 Å². The van der Waals surface area contributed by atoms with E-state index < -0.39 is 5.91 Å². The predicted octanol–water partition coefficient (Wildman–Crippen LogP) is 0.983. The minimum atomic E-state index is -0.444. The lowest BCUT2D eigenvalue weighted by Gasteiger charge is -2.27. The molecule has 1 aliphatic rings. The van der Waals surface area contributed by atoms with Crippen LogP contribution in [0.5, 0.6) is 0 Å². The number of nitrogen functional groups attached to an aromatic ring is 1. The Hall–Kier alpha value is -1.75. The van der Waals surface area contributed by atoms with Crippen LogP contribution in [0.15, 0.2) is 18.2 Å². The second-order valence-electron chi connectivity index (χ2n) is 4.53. The van der Waals surface area contributed by atoms with Gasteiger partial charge in [0.1, 0.15) is 0 Å². The van der Waals surface area contributed by atoms with Crippen molar-refractivity contribution in [3.8, 4) is 0 Å². The van der Waals surface area contributed by atoms with Crippen molar-refractivity contribution in [2.24, 2.45) is 5.73 Å². The summed E-state index contributed by atoms with van der Waals surface area (Å²) in [7, 11) is 1.66. The first-order valence-electron chi connectivity index (χ1n) is 6.09. The van der Waals surface area contributed by atoms with Crippen LogP contribution in [-0.2, 0) is 4.74 Å². The number of anilines is 2. The molecular formula is C13H19N3O2. The van der Waals surface area contributed by atoms with Crippen molar-refractivity contribution in [3.05, 3.63) is 23.8 Å². The van der Waals surface area contributed by atoms with Crippen LogP contribution in [0, 0.1) is 0 Å². The molecule has 1 saturated carbocycles. The maximum absolute atomic E-state index is 11.5. The second kappa shape index (κ2) is 5.27. The number of nitrogens with two attached hydrogens (primary N) is 2. The van der Waals surface area contributed by atoms with Crippen LogP contribution in [0.25, 0.3) is 0 Å². The van der Waals surface area contributed by atoms with Crippen LogP contribution >= 0.6 is 0 Å². The number of para-hydroxylation sites is 1. The third-order valence-corrected chi connectivity index (χ3v) is 3.14. The Morgan fingerprint density at radius 2 is 2.22 bits per heavy atom. The van der Waals surface area contributed by atoms with E-state index in [-0.39, 0.29) is 0 Å². The van der Waals surface area contributed by atoms with E-state index in [1.54, 1.807) is 25.3 Å². The van der Waals surface area contributed by atoms with E-state index in [9.17, 15) is 4.79 Å². The first kappa shape index (κ1) is 12.7. The zero-order valence-corrected chi connectivity index (χ0v) is 10.6. The molecule has 0 heterocycles. The summed E-state index contributed by atoms with van der Waals surface area (Å²) in [6, 6.07) is 5.71. The fourth-order valence-electron chi connectivity index (χ4n) is 2.13. The molecule has 0 aromatic heterocycles. The lowest BCUT2D eigenvalue weighted by molar-refractivity contribution is 0.100. The van der Waals surface area contributed by atoms with Crippen molar-refractivity contribution in [1.82, 2.24) is 0 Å². The summed E-state index contributed by atoms with van der Waals surface area (Å²) < 4.78 is 5.11. The van der Waals surface area contributed by atoms with E-state index >= 15 is 0 Å². The number of hydrogen-bond donors (Lipinski definition) is 2. The smallest absolute Gasteiger partial charge is 0.250 e. The second-order valence-corrected chi connectivity index (χ2v) is 4.53. The van der Waals surface area contributed by atoms with Gasteiger partial charge in [0.05, 0.1) is 23.5 Å². The van der Waals surface area contributed by atoms with Crippen LogP contribution in [0.3, 0.4) is 0 Å². The SMILES string of the molecule is COCCN(c1c(N)cccc1C(N)=O)C1CC1. The highest BCUT2D eigenvalue weighted by Crippen LogP contribution is 2.36. The summed E-state index contributed by atoms with van der Waals surface area (Å²) in [4.78, 5) is 13.6. The Kier molecular flexibility index (Phi) is 3.72. The Bertz CT molecular complexity index is 444. The first-order chi connectivity index (χ1) is 8.65. The molecular weight excluding hydrogens is 230 g/mol. The molecule has 5 heteroatoms. The van der Waals surface area contributed by atoms with Crippen molar-refractivity contribution >= 4 is 17.3 Å². The van der Waals surface area contributed by atoms with Crippen LogP contribution in [-0.4, -0.2) is 32.2 Å². The first-order valence-corrected chi connectivity index (χ1v) is 6.09. The minimum Gasteiger partial charge on any atom is -0.397 e. The summed E-state index contributed by atoms with van der Waals surface area (Å²) in [5.74, 6) is -0.444. The van der Waals surface area contributed by atoms with Gasteiger partial charge in [-0.3, -0.25) is 4.79 Å². The van der Waals surface area contributed by atoms with Crippen molar-refractivity contribution in [3.63, 3.8) is 0 Å². The van der Waals surface area contributed by atoms with Gasteiger partial charge in [-0.05, 0) is 25.0 Å². The Morgan fingerprint density at radius 1 is 1.50 bits per heavy atom. The van der Waals surface area contributed by atoms with Crippen LogP contribution in [0.4, 0.5) is 11.4 Å². The van der Waals surface area contributed by atoms with Crippen molar-refractivity contribution in [2.45, 2.75) is 18.9 Å². The fraction of sp³-hybridized carbons (Fsp3) is 0.462. The highest BCUT2D eigenvalue weighted by Gasteiger charge is 2.32. The van der Waals surface area contributed by atoms with Gasteiger partial charge in [0.15, 0.2) is 0 Å². The molecule has 0 bridgehead atoms. The normalized spacial score (nSPS) is 14.5. The van der Waals surface area contributed by atoms with E-state index in [2.05, 4.69) is 4.90 Å². The molecule has 1 aromatic carbocycles. The maximum Gasteiger partial charge on any atom is 0.250 e. The number of rotatable bonds is 6. The van der Waals surface area contributed by atoms with Gasteiger partial charge in [0.25, 0.3) is 5.91 Å². The molecule has 5 nitrogen and oxygen atoms in total. The van der Waals surface area contributed by atoms with Gasteiger partial charge in [0.2, 0.25) is 0 Å². The number of carbonyl (C=O) groups is 1. The number of hydrogen-bond acceptors (Lipinski definition) is 4. The molecule has 0 aliphatic heterocycles. The molecule has 1 aromatic rings. The monoisotopic (exact) mass is 249 g/mol. The van der Waals surface area contributed by atoms with Gasteiger partial charge >= 0.3 is 0 Å². The highest BCUT2D eigenvalue weighted by atomic mass is 16.5. The largest absolute Gasteiger partial charge is 0.397 e. The average molecular weight is 249 g/mol. The summed E-state index contributed by atoms with van der Waals surface area (Å²) in [5.41, 5.74) is 13.3. The maximum atomic E-state index is 11.5. The average Bonchev–Trinajstić information content (AvgIpc) is 3.15. The summed E-state index contributed by atoms with van der Waals surface area (Å²) in [6.45, 7) is 1.32. The summed E-state index contributed by atoms with van der Waals surface area (Å²) in [5, 5.41) is 0. The number of benzene rings is 1. The fourth-order valence-corrected chi connectivity index (χ4v) is 2.13. The summed E-state index contributed by atoms with van der Waals surface area (Å²) >= 11 is 0. The number of amides is 1. The molecule has 18 heavy (non-hydrogen) atoms. The van der Waals surface area contributed by atoms with Crippen LogP contribution in [0.1, 0.15) is 23.2 Å². The third kappa shape index (κ3) is 2.56. The molecule has 4 N–H and O–H groups in total. The lowest BCUT2D eigenvalue weighted by atomic mass is 10.1. The topological polar surface area (TPSA) is 81.6 Å². The molecule has 0 radical (unpaired) electrons. The number of ether oxygens (including phenoxy) is 1. The van der Waals surface area contributed by atoms with E-state index in [1.165, 1.54) is 0 Å². The van der Waals surface area contributed by atoms with Crippen molar-refractivity contribution < 1.29 is 9.53 Å². The van der Waals surface area contributed by atoms with E-state index in [0.29, 0.717) is 23.9 Å². The zero-order valence-electron chi connectivity index (χ0n) is 10.6. The molecule has 1 fully saturated rings. The van der Waals surface area contributed by atoms with E-state index in [0.717, 1.165) is 25.1 Å². The Morgan fingerprint density at radius 3 is 2.78 bits per heavy atom. The van der Waals surface area contributed by atoms with Gasteiger partial charge in [-0.1, -0.05) is 6.07 Å². The lowest BCUT2D eigenvalue weighted by Crippen LogP contribution is -2.32. The van der Waals surface area contributed by atoms with E-state index in [4.69, 9.17) is 16.2 Å². The quantitative estimate of drug-likeness (QED) is 0.736. The van der Waals surface area contributed by atoms with Crippen molar-refractivity contribution in [1.29, 1.82) is 0 Å². The summed E-state index contributed by atoms with van der Waals surface area (Å²) in [6.07, 6.45) is 2.24. The Balaban J connectivity index is 2.36. The van der Waals surface area contributed by atoms with Gasteiger partial charge in [0, 0.05) is 19.7 Å². The molecule has 0 unspecified atom stereocenters. The van der Waals surface area contributed by atoms with Crippen LogP contribution < -0.4 is 16.4 Å². The molecule has 1 amide bonds.